The minimum absolute atomic E-state index is 0.0424. The molecule has 5 heteroatoms. The van der Waals surface area contributed by atoms with E-state index in [-0.39, 0.29) is 25.2 Å². The molecule has 64 heavy (non-hydrogen) atoms. The Balaban J connectivity index is 4.35. The molecule has 1 atom stereocenters. The molecule has 0 amide bonds. The van der Waals surface area contributed by atoms with Crippen LogP contribution in [0.5, 0.6) is 0 Å². The molecule has 0 N–H and O–H groups in total. The van der Waals surface area contributed by atoms with Gasteiger partial charge in [0.15, 0.2) is 6.10 Å². The van der Waals surface area contributed by atoms with Gasteiger partial charge in [0.1, 0.15) is 6.61 Å². The summed E-state index contributed by atoms with van der Waals surface area (Å²) in [5.41, 5.74) is 0. The van der Waals surface area contributed by atoms with Gasteiger partial charge in [-0.3, -0.25) is 9.59 Å². The lowest BCUT2D eigenvalue weighted by atomic mass is 10.1. The van der Waals surface area contributed by atoms with Gasteiger partial charge in [-0.1, -0.05) is 207 Å². The van der Waals surface area contributed by atoms with Crippen LogP contribution in [-0.2, 0) is 23.8 Å². The Morgan fingerprint density at radius 2 is 0.734 bits per heavy atom. The van der Waals surface area contributed by atoms with Crippen LogP contribution >= 0.6 is 0 Å². The van der Waals surface area contributed by atoms with Crippen molar-refractivity contribution in [2.24, 2.45) is 0 Å². The van der Waals surface area contributed by atoms with E-state index in [4.69, 9.17) is 14.2 Å². The lowest BCUT2D eigenvalue weighted by Gasteiger charge is -2.18. The summed E-state index contributed by atoms with van der Waals surface area (Å²) >= 11 is 0. The molecule has 0 aliphatic carbocycles. The zero-order chi connectivity index (χ0) is 46.3. The maximum absolute atomic E-state index is 12.8. The molecule has 0 saturated carbocycles. The quantitative estimate of drug-likeness (QED) is 0.0346. The summed E-state index contributed by atoms with van der Waals surface area (Å²) in [6, 6.07) is 0. The van der Waals surface area contributed by atoms with Gasteiger partial charge in [0, 0.05) is 19.4 Å². The number of hydrogen-bond acceptors (Lipinski definition) is 5. The van der Waals surface area contributed by atoms with Crippen molar-refractivity contribution >= 4 is 11.9 Å². The highest BCUT2D eigenvalue weighted by atomic mass is 16.6. The van der Waals surface area contributed by atoms with Crippen LogP contribution in [0, 0.1) is 0 Å². The summed E-state index contributed by atoms with van der Waals surface area (Å²) < 4.78 is 17.3. The number of ether oxygens (including phenoxy) is 3. The van der Waals surface area contributed by atoms with E-state index in [1.807, 2.05) is 0 Å². The summed E-state index contributed by atoms with van der Waals surface area (Å²) in [7, 11) is 0. The SMILES string of the molecule is CC/C=C\C/C=C\C/C=C\C/C=C\C/C=C\CCCC(=O)OCC(COCCCCCCCCC/C=C\C/C=C\C/C=C\CCCCC)OC(=O)CCCCCCC/C=C\CCCC. The molecular weight excluding hydrogens is 789 g/mol. The third-order valence-corrected chi connectivity index (χ3v) is 10.8. The number of carbonyl (C=O) groups is 2. The fourth-order valence-corrected chi connectivity index (χ4v) is 6.83. The van der Waals surface area contributed by atoms with Gasteiger partial charge >= 0.3 is 11.9 Å². The number of unbranched alkanes of at least 4 members (excludes halogenated alkanes) is 18. The van der Waals surface area contributed by atoms with E-state index in [2.05, 4.69) is 130 Å². The summed E-state index contributed by atoms with van der Waals surface area (Å²) in [6.07, 6.45) is 73.9. The molecule has 364 valence electrons. The van der Waals surface area contributed by atoms with Gasteiger partial charge in [0.2, 0.25) is 0 Å². The van der Waals surface area contributed by atoms with Crippen molar-refractivity contribution in [3.63, 3.8) is 0 Å². The van der Waals surface area contributed by atoms with E-state index in [1.54, 1.807) is 0 Å². The molecule has 0 rings (SSSR count). The Kier molecular flexibility index (Phi) is 51.0. The predicted molar refractivity (Wildman–Crippen MR) is 279 cm³/mol. The van der Waals surface area contributed by atoms with Crippen molar-refractivity contribution in [2.75, 3.05) is 19.8 Å². The van der Waals surface area contributed by atoms with Crippen molar-refractivity contribution < 1.29 is 23.8 Å². The lowest BCUT2D eigenvalue weighted by molar-refractivity contribution is -0.163. The molecule has 0 fully saturated rings. The molecule has 5 nitrogen and oxygen atoms in total. The first-order valence-electron chi connectivity index (χ1n) is 26.4. The number of esters is 2. The second-order valence-corrected chi connectivity index (χ2v) is 17.0. The Labute approximate surface area is 395 Å². The maximum atomic E-state index is 12.8. The van der Waals surface area contributed by atoms with Gasteiger partial charge in [-0.05, 0) is 116 Å². The predicted octanol–water partition coefficient (Wildman–Crippen LogP) is 18.0. The largest absolute Gasteiger partial charge is 0.462 e. The Morgan fingerprint density at radius 1 is 0.359 bits per heavy atom. The average molecular weight is 887 g/mol. The fraction of sp³-hybridized carbons (Fsp3) is 0.661. The van der Waals surface area contributed by atoms with Crippen molar-refractivity contribution in [2.45, 2.75) is 232 Å². The van der Waals surface area contributed by atoms with Crippen molar-refractivity contribution in [3.05, 3.63) is 109 Å². The smallest absolute Gasteiger partial charge is 0.306 e. The van der Waals surface area contributed by atoms with Crippen LogP contribution in [0.2, 0.25) is 0 Å². The zero-order valence-electron chi connectivity index (χ0n) is 41.8. The molecule has 0 aromatic rings. The van der Waals surface area contributed by atoms with E-state index >= 15 is 0 Å². The highest BCUT2D eigenvalue weighted by Crippen LogP contribution is 2.12. The first-order valence-corrected chi connectivity index (χ1v) is 26.4. The second-order valence-electron chi connectivity index (χ2n) is 17.0. The highest BCUT2D eigenvalue weighted by Gasteiger charge is 2.17. The first-order chi connectivity index (χ1) is 31.6. The second kappa shape index (κ2) is 53.9. The van der Waals surface area contributed by atoms with Crippen molar-refractivity contribution in [3.8, 4) is 0 Å². The highest BCUT2D eigenvalue weighted by molar-refractivity contribution is 5.70. The molecule has 0 aliphatic rings. The maximum Gasteiger partial charge on any atom is 0.306 e. The molecule has 1 unspecified atom stereocenters. The topological polar surface area (TPSA) is 61.8 Å². The number of carbonyl (C=O) groups excluding carboxylic acids is 2. The van der Waals surface area contributed by atoms with Crippen LogP contribution in [0.3, 0.4) is 0 Å². The van der Waals surface area contributed by atoms with Crippen LogP contribution < -0.4 is 0 Å². The molecule has 0 aromatic heterocycles. The fourth-order valence-electron chi connectivity index (χ4n) is 6.83. The molecule has 0 heterocycles. The van der Waals surface area contributed by atoms with Crippen LogP contribution in [0.15, 0.2) is 109 Å². The minimum Gasteiger partial charge on any atom is -0.462 e. The molecule has 0 aliphatic heterocycles. The first kappa shape index (κ1) is 60.6. The monoisotopic (exact) mass is 887 g/mol. The van der Waals surface area contributed by atoms with Crippen molar-refractivity contribution in [1.29, 1.82) is 0 Å². The Hall–Kier alpha value is -3.44. The zero-order valence-corrected chi connectivity index (χ0v) is 41.8. The molecule has 0 radical (unpaired) electrons. The van der Waals surface area contributed by atoms with E-state index in [0.29, 0.717) is 19.4 Å². The Bertz CT molecular complexity index is 1280. The van der Waals surface area contributed by atoms with E-state index in [1.165, 1.54) is 96.3 Å². The van der Waals surface area contributed by atoms with E-state index in [0.717, 1.165) is 96.3 Å². The average Bonchev–Trinajstić information content (AvgIpc) is 3.30. The molecular formula is C59H98O5. The third kappa shape index (κ3) is 51.2. The number of hydrogen-bond donors (Lipinski definition) is 0. The summed E-state index contributed by atoms with van der Waals surface area (Å²) in [6.45, 7) is 7.55. The van der Waals surface area contributed by atoms with Crippen LogP contribution in [0.25, 0.3) is 0 Å². The lowest BCUT2D eigenvalue weighted by Crippen LogP contribution is -2.30. The van der Waals surface area contributed by atoms with Crippen molar-refractivity contribution in [1.82, 2.24) is 0 Å². The minimum atomic E-state index is -0.575. The summed E-state index contributed by atoms with van der Waals surface area (Å²) in [5.74, 6) is -0.487. The van der Waals surface area contributed by atoms with Gasteiger partial charge in [-0.25, -0.2) is 0 Å². The third-order valence-electron chi connectivity index (χ3n) is 10.8. The van der Waals surface area contributed by atoms with Gasteiger partial charge < -0.3 is 14.2 Å². The van der Waals surface area contributed by atoms with Crippen LogP contribution in [-0.4, -0.2) is 37.9 Å². The number of rotatable bonds is 47. The molecule has 0 aromatic carbocycles. The molecule has 0 saturated heterocycles. The van der Waals surface area contributed by atoms with Gasteiger partial charge in [0.25, 0.3) is 0 Å². The van der Waals surface area contributed by atoms with E-state index < -0.39 is 6.10 Å². The summed E-state index contributed by atoms with van der Waals surface area (Å²) in [5, 5.41) is 0. The molecule has 0 bridgehead atoms. The number of allylic oxidation sites excluding steroid dienone is 18. The van der Waals surface area contributed by atoms with Gasteiger partial charge in [0.05, 0.1) is 6.61 Å². The Morgan fingerprint density at radius 3 is 1.23 bits per heavy atom. The van der Waals surface area contributed by atoms with Gasteiger partial charge in [-0.2, -0.15) is 0 Å². The van der Waals surface area contributed by atoms with Gasteiger partial charge in [-0.15, -0.1) is 0 Å². The van der Waals surface area contributed by atoms with E-state index in [9.17, 15) is 9.59 Å². The van der Waals surface area contributed by atoms with Crippen LogP contribution in [0.1, 0.15) is 226 Å². The standard InChI is InChI=1S/C59H98O5/c1-4-7-10-13-16-19-22-24-26-28-29-30-32-34-36-39-42-45-48-51-54-62-55-57(64-59(61)53-50-47-44-41-37-21-18-15-12-9-6-3)56-63-58(60)52-49-46-43-40-38-35-33-31-27-25-23-20-17-14-11-8-5-2/h8,11,15-20,24-27,29-30,33,35,40,43,57H,4-7,9-10,12-14,21-23,28,31-32,34,36-39,41-42,44-56H2,1-3H3/b11-8-,18-15-,19-16-,20-17-,26-24-,27-25-,30-29-,35-33-,43-40-. The normalized spacial score (nSPS) is 13.1. The summed E-state index contributed by atoms with van der Waals surface area (Å²) in [4.78, 5) is 25.4. The molecule has 0 spiro atoms. The van der Waals surface area contributed by atoms with Crippen LogP contribution in [0.4, 0.5) is 0 Å².